The minimum atomic E-state index is -0.857. The van der Waals surface area contributed by atoms with Gasteiger partial charge >= 0.3 is 12.0 Å². The average Bonchev–Trinajstić information content (AvgIpc) is 2.22. The maximum absolute atomic E-state index is 11.4. The molecule has 1 rings (SSSR count). The van der Waals surface area contributed by atoms with Crippen molar-refractivity contribution in [3.63, 3.8) is 0 Å². The number of nitrogens with one attached hydrogen (secondary N) is 2. The lowest BCUT2D eigenvalue weighted by molar-refractivity contribution is -0.148. The van der Waals surface area contributed by atoms with Crippen molar-refractivity contribution in [1.82, 2.24) is 15.5 Å². The fourth-order valence-electron chi connectivity index (χ4n) is 1.54. The predicted molar refractivity (Wildman–Crippen MR) is 61.0 cm³/mol. The monoisotopic (exact) mass is 259 g/mol. The van der Waals surface area contributed by atoms with E-state index in [1.165, 1.54) is 7.11 Å². The smallest absolute Gasteiger partial charge is 0.321 e. The van der Waals surface area contributed by atoms with Gasteiger partial charge in [-0.1, -0.05) is 0 Å². The summed E-state index contributed by atoms with van der Waals surface area (Å²) in [4.78, 5) is 34.7. The SMILES string of the molecule is COCCNC(=O)NC(=O)CN1CC(C(=O)O)C1. The van der Waals surface area contributed by atoms with Crippen molar-refractivity contribution in [3.05, 3.63) is 0 Å². The quantitative estimate of drug-likeness (QED) is 0.500. The van der Waals surface area contributed by atoms with Crippen LogP contribution in [-0.2, 0) is 14.3 Å². The van der Waals surface area contributed by atoms with Crippen LogP contribution < -0.4 is 10.6 Å². The van der Waals surface area contributed by atoms with Crippen molar-refractivity contribution in [2.75, 3.05) is 39.9 Å². The summed E-state index contributed by atoms with van der Waals surface area (Å²) in [5.74, 6) is -1.72. The van der Waals surface area contributed by atoms with E-state index in [4.69, 9.17) is 9.84 Å². The van der Waals surface area contributed by atoms with E-state index in [0.29, 0.717) is 26.2 Å². The van der Waals surface area contributed by atoms with Gasteiger partial charge in [-0.3, -0.25) is 19.8 Å². The average molecular weight is 259 g/mol. The van der Waals surface area contributed by atoms with E-state index in [-0.39, 0.29) is 6.54 Å². The number of likely N-dealkylation sites (tertiary alicyclic amines) is 1. The zero-order valence-corrected chi connectivity index (χ0v) is 10.1. The molecule has 0 aromatic rings. The number of ether oxygens (including phenoxy) is 1. The minimum Gasteiger partial charge on any atom is -0.481 e. The van der Waals surface area contributed by atoms with Gasteiger partial charge in [0.2, 0.25) is 5.91 Å². The standard InChI is InChI=1S/C10H17N3O5/c1-18-3-2-11-10(17)12-8(14)6-13-4-7(5-13)9(15)16/h7H,2-6H2,1H3,(H,15,16)(H2,11,12,14,17). The number of imide groups is 1. The van der Waals surface area contributed by atoms with Crippen molar-refractivity contribution in [2.45, 2.75) is 0 Å². The molecule has 1 saturated heterocycles. The first kappa shape index (κ1) is 14.4. The maximum Gasteiger partial charge on any atom is 0.321 e. The molecule has 0 radical (unpaired) electrons. The highest BCUT2D eigenvalue weighted by Crippen LogP contribution is 2.14. The Kier molecular flexibility index (Phi) is 5.53. The van der Waals surface area contributed by atoms with Crippen LogP contribution >= 0.6 is 0 Å². The Bertz CT molecular complexity index is 327. The van der Waals surface area contributed by atoms with Crippen LogP contribution in [0.15, 0.2) is 0 Å². The number of methoxy groups -OCH3 is 1. The number of hydrogen-bond acceptors (Lipinski definition) is 5. The predicted octanol–water partition coefficient (Wildman–Crippen LogP) is -1.52. The number of rotatable bonds is 6. The topological polar surface area (TPSA) is 108 Å². The fraction of sp³-hybridized carbons (Fsp3) is 0.700. The van der Waals surface area contributed by atoms with Gasteiger partial charge in [0, 0.05) is 26.7 Å². The summed E-state index contributed by atoms with van der Waals surface area (Å²) in [5.41, 5.74) is 0. The molecule has 0 spiro atoms. The van der Waals surface area contributed by atoms with Gasteiger partial charge in [-0.15, -0.1) is 0 Å². The van der Waals surface area contributed by atoms with E-state index in [1.54, 1.807) is 4.90 Å². The van der Waals surface area contributed by atoms with Crippen molar-refractivity contribution < 1.29 is 24.2 Å². The molecule has 8 nitrogen and oxygen atoms in total. The van der Waals surface area contributed by atoms with E-state index >= 15 is 0 Å². The number of carbonyl (C=O) groups excluding carboxylic acids is 2. The summed E-state index contributed by atoms with van der Waals surface area (Å²) in [6.07, 6.45) is 0. The van der Waals surface area contributed by atoms with Gasteiger partial charge in [0.05, 0.1) is 19.1 Å². The lowest BCUT2D eigenvalue weighted by Gasteiger charge is -2.35. The van der Waals surface area contributed by atoms with Crippen LogP contribution in [0.2, 0.25) is 0 Å². The van der Waals surface area contributed by atoms with Gasteiger partial charge in [-0.05, 0) is 0 Å². The Morgan fingerprint density at radius 2 is 2.06 bits per heavy atom. The number of carboxylic acid groups (broad SMARTS) is 1. The van der Waals surface area contributed by atoms with E-state index in [9.17, 15) is 14.4 Å². The van der Waals surface area contributed by atoms with Gasteiger partial charge in [0.25, 0.3) is 0 Å². The summed E-state index contributed by atoms with van der Waals surface area (Å²) < 4.78 is 4.73. The Hall–Kier alpha value is -1.67. The molecule has 1 aliphatic heterocycles. The third-order valence-electron chi connectivity index (χ3n) is 2.52. The van der Waals surface area contributed by atoms with E-state index in [0.717, 1.165) is 0 Å². The third kappa shape index (κ3) is 4.68. The molecular formula is C10H17N3O5. The highest BCUT2D eigenvalue weighted by atomic mass is 16.5. The molecule has 0 unspecified atom stereocenters. The number of nitrogens with zero attached hydrogens (tertiary/aromatic N) is 1. The van der Waals surface area contributed by atoms with Crippen molar-refractivity contribution >= 4 is 17.9 Å². The Labute approximate surface area is 104 Å². The van der Waals surface area contributed by atoms with Gasteiger partial charge in [-0.25, -0.2) is 4.79 Å². The van der Waals surface area contributed by atoms with Gasteiger partial charge in [0.1, 0.15) is 0 Å². The van der Waals surface area contributed by atoms with Gasteiger partial charge in [-0.2, -0.15) is 0 Å². The van der Waals surface area contributed by atoms with Crippen LogP contribution in [0, 0.1) is 5.92 Å². The minimum absolute atomic E-state index is 0.0292. The first-order chi connectivity index (χ1) is 8.52. The molecule has 3 amide bonds. The van der Waals surface area contributed by atoms with Crippen LogP contribution in [0.1, 0.15) is 0 Å². The fourth-order valence-corrected chi connectivity index (χ4v) is 1.54. The molecule has 0 bridgehead atoms. The summed E-state index contributed by atoms with van der Waals surface area (Å²) in [6, 6.07) is -0.577. The third-order valence-corrected chi connectivity index (χ3v) is 2.52. The molecule has 18 heavy (non-hydrogen) atoms. The first-order valence-electron chi connectivity index (χ1n) is 5.54. The lowest BCUT2D eigenvalue weighted by Crippen LogP contribution is -2.54. The molecular weight excluding hydrogens is 242 g/mol. The first-order valence-corrected chi connectivity index (χ1v) is 5.54. The van der Waals surface area contributed by atoms with Crippen LogP contribution in [-0.4, -0.2) is 67.8 Å². The number of hydrogen-bond donors (Lipinski definition) is 3. The Morgan fingerprint density at radius 3 is 2.61 bits per heavy atom. The van der Waals surface area contributed by atoms with Gasteiger partial charge in [0.15, 0.2) is 0 Å². The van der Waals surface area contributed by atoms with Crippen molar-refractivity contribution in [3.8, 4) is 0 Å². The second kappa shape index (κ2) is 6.92. The molecule has 3 N–H and O–H groups in total. The summed E-state index contributed by atoms with van der Waals surface area (Å²) in [7, 11) is 1.51. The lowest BCUT2D eigenvalue weighted by atomic mass is 10.0. The Morgan fingerprint density at radius 1 is 1.39 bits per heavy atom. The number of carboxylic acids is 1. The molecule has 1 fully saturated rings. The molecule has 0 aromatic heterocycles. The molecule has 102 valence electrons. The molecule has 0 aliphatic carbocycles. The van der Waals surface area contributed by atoms with Crippen molar-refractivity contribution in [1.29, 1.82) is 0 Å². The molecule has 0 atom stereocenters. The molecule has 1 aliphatic rings. The zero-order chi connectivity index (χ0) is 13.5. The van der Waals surface area contributed by atoms with E-state index in [2.05, 4.69) is 10.6 Å². The normalized spacial score (nSPS) is 15.8. The second-order valence-electron chi connectivity index (χ2n) is 4.03. The number of carbonyl (C=O) groups is 3. The van der Waals surface area contributed by atoms with Gasteiger partial charge < -0.3 is 15.2 Å². The number of urea groups is 1. The number of amides is 3. The summed E-state index contributed by atoms with van der Waals surface area (Å²) >= 11 is 0. The van der Waals surface area contributed by atoms with E-state index in [1.807, 2.05) is 0 Å². The van der Waals surface area contributed by atoms with Crippen LogP contribution in [0.3, 0.4) is 0 Å². The van der Waals surface area contributed by atoms with Crippen LogP contribution in [0.25, 0.3) is 0 Å². The Balaban J connectivity index is 2.11. The van der Waals surface area contributed by atoms with Crippen molar-refractivity contribution in [2.24, 2.45) is 5.92 Å². The molecule has 8 heteroatoms. The highest BCUT2D eigenvalue weighted by molar-refractivity contribution is 5.95. The molecule has 0 saturated carbocycles. The summed E-state index contributed by atoms with van der Waals surface area (Å²) in [5, 5.41) is 13.2. The highest BCUT2D eigenvalue weighted by Gasteiger charge is 2.33. The van der Waals surface area contributed by atoms with E-state index < -0.39 is 23.8 Å². The second-order valence-corrected chi connectivity index (χ2v) is 4.03. The van der Waals surface area contributed by atoms with Crippen LogP contribution in [0.4, 0.5) is 4.79 Å². The zero-order valence-electron chi connectivity index (χ0n) is 10.1. The largest absolute Gasteiger partial charge is 0.481 e. The number of aliphatic carboxylic acids is 1. The molecule has 0 aromatic carbocycles. The molecule has 1 heterocycles. The summed E-state index contributed by atoms with van der Waals surface area (Å²) in [6.45, 7) is 1.40. The van der Waals surface area contributed by atoms with Crippen LogP contribution in [0.5, 0.6) is 0 Å². The maximum atomic E-state index is 11.4.